The van der Waals surface area contributed by atoms with E-state index in [4.69, 9.17) is 33.3 Å². The van der Waals surface area contributed by atoms with Crippen molar-refractivity contribution in [1.82, 2.24) is 5.32 Å². The van der Waals surface area contributed by atoms with Crippen LogP contribution in [0.1, 0.15) is 19.4 Å². The Bertz CT molecular complexity index is 927. The van der Waals surface area contributed by atoms with E-state index in [-0.39, 0.29) is 17.1 Å². The highest BCUT2D eigenvalue weighted by Gasteiger charge is 2.33. The zero-order valence-electron chi connectivity index (χ0n) is 15.2. The van der Waals surface area contributed by atoms with Crippen LogP contribution in [0.25, 0.3) is 6.08 Å². The number of ether oxygens (including phenoxy) is 2. The fourth-order valence-corrected chi connectivity index (χ4v) is 3.22. The van der Waals surface area contributed by atoms with E-state index in [1.165, 1.54) is 4.90 Å². The molecule has 2 aromatic rings. The van der Waals surface area contributed by atoms with Gasteiger partial charge in [-0.2, -0.15) is 0 Å². The predicted molar refractivity (Wildman–Crippen MR) is 111 cm³/mol. The van der Waals surface area contributed by atoms with Gasteiger partial charge in [0.15, 0.2) is 16.6 Å². The van der Waals surface area contributed by atoms with Gasteiger partial charge < -0.3 is 14.8 Å². The molecule has 1 heterocycles. The number of rotatable bonds is 5. The molecule has 5 nitrogen and oxygen atoms in total. The highest BCUT2D eigenvalue weighted by atomic mass is 35.5. The van der Waals surface area contributed by atoms with E-state index in [2.05, 4.69) is 5.32 Å². The molecule has 0 saturated carbocycles. The third-order valence-electron chi connectivity index (χ3n) is 3.85. The lowest BCUT2D eigenvalue weighted by atomic mass is 10.1. The minimum Gasteiger partial charge on any atom is -0.493 e. The number of nitrogens with zero attached hydrogens (tertiary/aromatic N) is 1. The van der Waals surface area contributed by atoms with E-state index < -0.39 is 0 Å². The third-order valence-corrected chi connectivity index (χ3v) is 4.46. The van der Waals surface area contributed by atoms with Gasteiger partial charge in [0.05, 0.1) is 23.9 Å². The fourth-order valence-electron chi connectivity index (χ4n) is 2.71. The van der Waals surface area contributed by atoms with Crippen LogP contribution < -0.4 is 19.7 Å². The highest BCUT2D eigenvalue weighted by molar-refractivity contribution is 7.80. The van der Waals surface area contributed by atoms with Gasteiger partial charge in [0.2, 0.25) is 0 Å². The van der Waals surface area contributed by atoms with E-state index in [0.29, 0.717) is 33.5 Å². The van der Waals surface area contributed by atoms with Crippen LogP contribution in [0.15, 0.2) is 48.2 Å². The minimum absolute atomic E-state index is 0.0496. The van der Waals surface area contributed by atoms with E-state index in [1.807, 2.05) is 32.0 Å². The average Bonchev–Trinajstić information content (AvgIpc) is 2.90. The Labute approximate surface area is 168 Å². The zero-order valence-corrected chi connectivity index (χ0v) is 16.7. The van der Waals surface area contributed by atoms with Crippen molar-refractivity contribution in [2.45, 2.75) is 20.0 Å². The van der Waals surface area contributed by atoms with Crippen LogP contribution in [0.2, 0.25) is 5.02 Å². The smallest absolute Gasteiger partial charge is 0.281 e. The molecule has 1 saturated heterocycles. The van der Waals surface area contributed by atoms with Crippen molar-refractivity contribution in [2.75, 3.05) is 12.0 Å². The normalized spacial score (nSPS) is 15.4. The Morgan fingerprint density at radius 1 is 1.19 bits per heavy atom. The molecule has 1 N–H and O–H groups in total. The third kappa shape index (κ3) is 3.91. The Hall–Kier alpha value is -2.57. The van der Waals surface area contributed by atoms with Crippen molar-refractivity contribution in [3.63, 3.8) is 0 Å². The van der Waals surface area contributed by atoms with Crippen LogP contribution >= 0.6 is 23.8 Å². The number of thiocarbonyl (C=S) groups is 1. The quantitative estimate of drug-likeness (QED) is 0.593. The summed E-state index contributed by atoms with van der Waals surface area (Å²) in [4.78, 5) is 14.3. The molecule has 0 bridgehead atoms. The van der Waals surface area contributed by atoms with Crippen LogP contribution in [0, 0.1) is 0 Å². The molecule has 0 spiro atoms. The Balaban J connectivity index is 2.01. The maximum absolute atomic E-state index is 12.9. The molecule has 140 valence electrons. The van der Waals surface area contributed by atoms with Crippen molar-refractivity contribution in [3.8, 4) is 11.5 Å². The first-order chi connectivity index (χ1) is 12.9. The van der Waals surface area contributed by atoms with Gasteiger partial charge in [-0.05, 0) is 50.3 Å². The van der Waals surface area contributed by atoms with Gasteiger partial charge in [0.1, 0.15) is 5.70 Å². The zero-order chi connectivity index (χ0) is 19.6. The summed E-state index contributed by atoms with van der Waals surface area (Å²) in [6, 6.07) is 12.6. The second-order valence-corrected chi connectivity index (χ2v) is 6.92. The number of nitrogens with one attached hydrogen (secondary N) is 1. The van der Waals surface area contributed by atoms with Crippen LogP contribution in [0.5, 0.6) is 11.5 Å². The Morgan fingerprint density at radius 2 is 1.93 bits per heavy atom. The minimum atomic E-state index is -0.286. The van der Waals surface area contributed by atoms with E-state index in [9.17, 15) is 4.79 Å². The summed E-state index contributed by atoms with van der Waals surface area (Å²) in [5.41, 5.74) is 1.58. The van der Waals surface area contributed by atoms with Gasteiger partial charge in [-0.25, -0.2) is 0 Å². The van der Waals surface area contributed by atoms with Gasteiger partial charge in [-0.15, -0.1) is 0 Å². The molecule has 3 rings (SSSR count). The van der Waals surface area contributed by atoms with Gasteiger partial charge in [-0.1, -0.05) is 35.9 Å². The number of halogens is 1. The summed E-state index contributed by atoms with van der Waals surface area (Å²) >= 11 is 11.6. The molecule has 1 fully saturated rings. The number of benzene rings is 2. The molecule has 2 aromatic carbocycles. The van der Waals surface area contributed by atoms with Gasteiger partial charge in [0.25, 0.3) is 5.91 Å². The van der Waals surface area contributed by atoms with E-state index >= 15 is 0 Å². The van der Waals surface area contributed by atoms with Gasteiger partial charge >= 0.3 is 0 Å². The van der Waals surface area contributed by atoms with Crippen molar-refractivity contribution < 1.29 is 14.3 Å². The number of hydrogen-bond acceptors (Lipinski definition) is 4. The number of methoxy groups -OCH3 is 1. The van der Waals surface area contributed by atoms with E-state index in [1.54, 1.807) is 37.5 Å². The first-order valence-electron chi connectivity index (χ1n) is 8.37. The summed E-state index contributed by atoms with van der Waals surface area (Å²) < 4.78 is 11.3. The highest BCUT2D eigenvalue weighted by Crippen LogP contribution is 2.35. The van der Waals surface area contributed by atoms with Crippen LogP contribution in [-0.2, 0) is 4.79 Å². The standard InChI is InChI=1S/C20H19ClN2O3S/c1-12(2)26-18-13(7-6-10-17(18)25-3)11-15-19(24)23(20(27)22-15)16-9-5-4-8-14(16)21/h4-12H,1-3H3,(H,22,27)/b15-11-. The lowest BCUT2D eigenvalue weighted by molar-refractivity contribution is -0.113. The number of carbonyl (C=O) groups excluding carboxylic acids is 1. The number of para-hydroxylation sites is 2. The van der Waals surface area contributed by atoms with Crippen molar-refractivity contribution in [2.24, 2.45) is 0 Å². The molecular weight excluding hydrogens is 384 g/mol. The molecule has 0 aromatic heterocycles. The summed E-state index contributed by atoms with van der Waals surface area (Å²) in [6.07, 6.45) is 1.65. The summed E-state index contributed by atoms with van der Waals surface area (Å²) in [5.74, 6) is 0.875. The summed E-state index contributed by atoms with van der Waals surface area (Å²) in [7, 11) is 1.58. The lowest BCUT2D eigenvalue weighted by Gasteiger charge is -2.16. The molecule has 1 aliphatic rings. The van der Waals surface area contributed by atoms with Crippen LogP contribution in [0.4, 0.5) is 5.69 Å². The SMILES string of the molecule is COc1cccc(/C=C2\NC(=S)N(c3ccccc3Cl)C2=O)c1OC(C)C. The maximum Gasteiger partial charge on any atom is 0.281 e. The molecule has 7 heteroatoms. The van der Waals surface area contributed by atoms with Crippen molar-refractivity contribution in [1.29, 1.82) is 0 Å². The largest absolute Gasteiger partial charge is 0.493 e. The molecule has 1 amide bonds. The molecule has 27 heavy (non-hydrogen) atoms. The predicted octanol–water partition coefficient (Wildman–Crippen LogP) is 4.40. The second kappa shape index (κ2) is 7.98. The van der Waals surface area contributed by atoms with Crippen molar-refractivity contribution in [3.05, 3.63) is 58.7 Å². The summed E-state index contributed by atoms with van der Waals surface area (Å²) in [6.45, 7) is 3.85. The fraction of sp³-hybridized carbons (Fsp3) is 0.200. The Kier molecular flexibility index (Phi) is 5.68. The number of hydrogen-bond donors (Lipinski definition) is 1. The average molecular weight is 403 g/mol. The van der Waals surface area contributed by atoms with Crippen LogP contribution in [-0.4, -0.2) is 24.2 Å². The molecule has 0 unspecified atom stereocenters. The van der Waals surface area contributed by atoms with E-state index in [0.717, 1.165) is 0 Å². The lowest BCUT2D eigenvalue weighted by Crippen LogP contribution is -2.30. The van der Waals surface area contributed by atoms with Crippen molar-refractivity contribution >= 4 is 46.6 Å². The molecular formula is C20H19ClN2O3S. The second-order valence-electron chi connectivity index (χ2n) is 6.13. The molecule has 0 radical (unpaired) electrons. The number of amides is 1. The molecule has 0 aliphatic carbocycles. The molecule has 1 aliphatic heterocycles. The summed E-state index contributed by atoms with van der Waals surface area (Å²) in [5, 5.41) is 3.68. The first-order valence-corrected chi connectivity index (χ1v) is 9.16. The monoisotopic (exact) mass is 402 g/mol. The first kappa shape index (κ1) is 19.2. The number of anilines is 1. The maximum atomic E-state index is 12.9. The topological polar surface area (TPSA) is 50.8 Å². The number of carbonyl (C=O) groups is 1. The van der Waals surface area contributed by atoms with Gasteiger partial charge in [-0.3, -0.25) is 9.69 Å². The Morgan fingerprint density at radius 3 is 2.59 bits per heavy atom. The van der Waals surface area contributed by atoms with Crippen LogP contribution in [0.3, 0.4) is 0 Å². The van der Waals surface area contributed by atoms with Gasteiger partial charge in [0, 0.05) is 5.56 Å². The molecule has 0 atom stereocenters.